The molecule has 0 bridgehead atoms. The largest absolute Gasteiger partial charge is 0.463 e. The van der Waals surface area contributed by atoms with Crippen LogP contribution in [0.1, 0.15) is 27.2 Å². The van der Waals surface area contributed by atoms with Gasteiger partial charge in [-0.1, -0.05) is 40.7 Å². The quantitative estimate of drug-likeness (QED) is 0.127. The summed E-state index contributed by atoms with van der Waals surface area (Å²) in [5, 5.41) is 12.1. The molecule has 226 valence electrons. The Labute approximate surface area is 245 Å². The lowest BCUT2D eigenvalue weighted by Gasteiger charge is -2.45. The molecule has 16 heteroatoms. The van der Waals surface area contributed by atoms with E-state index in [2.05, 4.69) is 20.3 Å². The van der Waals surface area contributed by atoms with E-state index in [9.17, 15) is 19.9 Å². The van der Waals surface area contributed by atoms with Crippen molar-refractivity contribution in [3.8, 4) is 11.3 Å². The molecule has 0 spiro atoms. The van der Waals surface area contributed by atoms with Gasteiger partial charge in [-0.3, -0.25) is 14.4 Å². The van der Waals surface area contributed by atoms with Crippen LogP contribution in [0.25, 0.3) is 21.7 Å². The fourth-order valence-corrected chi connectivity index (χ4v) is 6.51. The van der Waals surface area contributed by atoms with Gasteiger partial charge >= 0.3 is 17.9 Å². The Morgan fingerprint density at radius 3 is 2.57 bits per heavy atom. The first-order valence-electron chi connectivity index (χ1n) is 13.1. The number of aromatic nitrogens is 3. The summed E-state index contributed by atoms with van der Waals surface area (Å²) in [5.41, 5.74) is 8.65. The number of rotatable bonds is 10. The third-order valence-electron chi connectivity index (χ3n) is 6.65. The normalized spacial score (nSPS) is 29.1. The van der Waals surface area contributed by atoms with Crippen molar-refractivity contribution in [2.45, 2.75) is 68.0 Å². The van der Waals surface area contributed by atoms with Crippen molar-refractivity contribution in [1.29, 1.82) is 0 Å². The first-order chi connectivity index (χ1) is 20.2. The number of carbonyl (C=O) groups is 3. The topological polar surface area (TPSA) is 186 Å². The molecule has 0 radical (unpaired) electrons. The summed E-state index contributed by atoms with van der Waals surface area (Å²) in [4.78, 5) is 38.6. The van der Waals surface area contributed by atoms with Crippen molar-refractivity contribution >= 4 is 29.7 Å². The second-order valence-electron chi connectivity index (χ2n) is 9.75. The lowest BCUT2D eigenvalue weighted by Crippen LogP contribution is -2.59. The highest BCUT2D eigenvalue weighted by molar-refractivity contribution is 8.00. The molecule has 15 nitrogen and oxygen atoms in total. The van der Waals surface area contributed by atoms with Gasteiger partial charge in [-0.05, 0) is 5.53 Å². The molecule has 0 saturated carbocycles. The van der Waals surface area contributed by atoms with Crippen LogP contribution in [-0.2, 0) is 48.5 Å². The summed E-state index contributed by atoms with van der Waals surface area (Å²) in [5.74, 6) is -1.73. The average Bonchev–Trinajstić information content (AvgIpc) is 3.45. The van der Waals surface area contributed by atoms with Crippen molar-refractivity contribution in [2.75, 3.05) is 26.9 Å². The van der Waals surface area contributed by atoms with Gasteiger partial charge in [-0.2, -0.15) is 0 Å². The predicted octanol–water partition coefficient (Wildman–Crippen LogP) is 2.60. The number of thioether (sulfide) groups is 1. The Morgan fingerprint density at radius 1 is 1.17 bits per heavy atom. The summed E-state index contributed by atoms with van der Waals surface area (Å²) in [7, 11) is 1.42. The van der Waals surface area contributed by atoms with Crippen LogP contribution in [-0.4, -0.2) is 94.9 Å². The maximum atomic E-state index is 12.3. The summed E-state index contributed by atoms with van der Waals surface area (Å²) < 4.78 is 35.8. The van der Waals surface area contributed by atoms with Crippen LogP contribution in [0.2, 0.25) is 0 Å². The number of azide groups is 1. The van der Waals surface area contributed by atoms with Crippen LogP contribution in [0, 0.1) is 0 Å². The predicted molar refractivity (Wildman–Crippen MR) is 147 cm³/mol. The molecule has 0 aliphatic carbocycles. The monoisotopic (exact) mass is 604 g/mol. The molecule has 42 heavy (non-hydrogen) atoms. The molecule has 1 aromatic heterocycles. The number of hydrogen-bond donors (Lipinski definition) is 0. The van der Waals surface area contributed by atoms with Crippen molar-refractivity contribution in [3.05, 3.63) is 47.0 Å². The third-order valence-corrected chi connectivity index (χ3v) is 7.98. The fourth-order valence-electron chi connectivity index (χ4n) is 4.97. The van der Waals surface area contributed by atoms with Gasteiger partial charge in [0.1, 0.15) is 48.7 Å². The second kappa shape index (κ2) is 14.0. The molecule has 7 atom stereocenters. The Kier molecular flexibility index (Phi) is 10.4. The number of benzene rings is 1. The van der Waals surface area contributed by atoms with E-state index in [0.29, 0.717) is 5.69 Å². The standard InChI is InChI=1S/C26H32N6O9S/c1-15(33)38-13-21-23(39-16(2)34)22(29-30-27)24(36-4)25(40-21)42-19-10-26(14-37-12-19,41-17(3)35)32-11-20(28-31-32)18-8-6-5-7-9-18/h5-9,11,19,21-25H,10,12-14H2,1-4H3. The first-order valence-corrected chi connectivity index (χ1v) is 14.0. The molecule has 3 heterocycles. The minimum Gasteiger partial charge on any atom is -0.463 e. The highest BCUT2D eigenvalue weighted by Crippen LogP contribution is 2.41. The summed E-state index contributed by atoms with van der Waals surface area (Å²) >= 11 is 1.30. The van der Waals surface area contributed by atoms with Crippen molar-refractivity contribution in [1.82, 2.24) is 15.0 Å². The Hall–Kier alpha value is -3.69. The average molecular weight is 605 g/mol. The van der Waals surface area contributed by atoms with E-state index in [1.807, 2.05) is 30.3 Å². The molecular weight excluding hydrogens is 572 g/mol. The summed E-state index contributed by atoms with van der Waals surface area (Å²) in [6.07, 6.45) is -0.929. The van der Waals surface area contributed by atoms with Crippen molar-refractivity contribution in [2.24, 2.45) is 5.11 Å². The molecule has 2 saturated heterocycles. The molecule has 1 aromatic carbocycles. The maximum Gasteiger partial charge on any atom is 0.304 e. The highest BCUT2D eigenvalue weighted by atomic mass is 32.2. The second-order valence-corrected chi connectivity index (χ2v) is 11.2. The molecule has 2 fully saturated rings. The van der Waals surface area contributed by atoms with Gasteiger partial charge in [0, 0.05) is 50.0 Å². The van der Waals surface area contributed by atoms with Gasteiger partial charge in [-0.15, -0.1) is 16.9 Å². The lowest BCUT2D eigenvalue weighted by atomic mass is 9.97. The SMILES string of the molecule is COC1C(SC2COCC(OC(C)=O)(n3cc(-c4ccccc4)nn3)C2)OC(COC(C)=O)C(OC(C)=O)C1N=[N+]=[N-]. The van der Waals surface area contributed by atoms with Crippen LogP contribution in [0.15, 0.2) is 41.6 Å². The first kappa shape index (κ1) is 31.3. The summed E-state index contributed by atoms with van der Waals surface area (Å²) in [6, 6.07) is 8.44. The minimum atomic E-state index is -1.30. The molecule has 0 N–H and O–H groups in total. The molecule has 2 aliphatic rings. The van der Waals surface area contributed by atoms with E-state index in [1.165, 1.54) is 44.3 Å². The fraction of sp³-hybridized carbons (Fsp3) is 0.577. The number of methoxy groups -OCH3 is 1. The van der Waals surface area contributed by atoms with Crippen LogP contribution in [0.4, 0.5) is 0 Å². The van der Waals surface area contributed by atoms with E-state index in [0.717, 1.165) is 5.56 Å². The Morgan fingerprint density at radius 2 is 1.93 bits per heavy atom. The summed E-state index contributed by atoms with van der Waals surface area (Å²) in [6.45, 7) is 3.79. The number of carbonyl (C=O) groups excluding carboxylic acids is 3. The van der Waals surface area contributed by atoms with Crippen LogP contribution in [0.5, 0.6) is 0 Å². The number of esters is 3. The Balaban J connectivity index is 1.61. The van der Waals surface area contributed by atoms with E-state index in [1.54, 1.807) is 6.20 Å². The van der Waals surface area contributed by atoms with Gasteiger partial charge in [0.15, 0.2) is 0 Å². The molecular formula is C26H32N6O9S. The molecule has 4 rings (SSSR count). The minimum absolute atomic E-state index is 0.0331. The lowest BCUT2D eigenvalue weighted by molar-refractivity contribution is -0.200. The van der Waals surface area contributed by atoms with Gasteiger partial charge in [0.05, 0.1) is 12.8 Å². The number of ether oxygens (including phenoxy) is 6. The van der Waals surface area contributed by atoms with E-state index in [4.69, 9.17) is 28.4 Å². The van der Waals surface area contributed by atoms with Gasteiger partial charge < -0.3 is 28.4 Å². The smallest absolute Gasteiger partial charge is 0.304 e. The van der Waals surface area contributed by atoms with Gasteiger partial charge in [0.2, 0.25) is 5.72 Å². The zero-order chi connectivity index (χ0) is 30.3. The maximum absolute atomic E-state index is 12.3. The molecule has 0 amide bonds. The van der Waals surface area contributed by atoms with Crippen LogP contribution < -0.4 is 0 Å². The van der Waals surface area contributed by atoms with Crippen molar-refractivity contribution < 1.29 is 42.8 Å². The van der Waals surface area contributed by atoms with Crippen molar-refractivity contribution in [3.63, 3.8) is 0 Å². The molecule has 2 aromatic rings. The van der Waals surface area contributed by atoms with E-state index >= 15 is 0 Å². The number of hydrogen-bond acceptors (Lipinski definition) is 13. The van der Waals surface area contributed by atoms with Gasteiger partial charge in [-0.25, -0.2) is 4.68 Å². The zero-order valence-electron chi connectivity index (χ0n) is 23.5. The number of nitrogens with zero attached hydrogens (tertiary/aromatic N) is 6. The molecule has 2 aliphatic heterocycles. The van der Waals surface area contributed by atoms with Gasteiger partial charge in [0.25, 0.3) is 0 Å². The van der Waals surface area contributed by atoms with Crippen LogP contribution in [0.3, 0.4) is 0 Å². The van der Waals surface area contributed by atoms with Crippen LogP contribution >= 0.6 is 11.8 Å². The third kappa shape index (κ3) is 7.38. The highest BCUT2D eigenvalue weighted by Gasteiger charge is 2.51. The zero-order valence-corrected chi connectivity index (χ0v) is 24.3. The Bertz CT molecular complexity index is 1310. The molecule has 7 unspecified atom stereocenters. The van der Waals surface area contributed by atoms with E-state index in [-0.39, 0.29) is 31.5 Å². The van der Waals surface area contributed by atoms with E-state index < -0.39 is 53.4 Å².